The summed E-state index contributed by atoms with van der Waals surface area (Å²) in [4.78, 5) is 14.6. The molecule has 0 radical (unpaired) electrons. The smallest absolute Gasteiger partial charge is 0.321 e. The highest BCUT2D eigenvalue weighted by atomic mass is 16.5. The lowest BCUT2D eigenvalue weighted by atomic mass is 9.82. The van der Waals surface area contributed by atoms with Gasteiger partial charge in [-0.25, -0.2) is 4.79 Å². The van der Waals surface area contributed by atoms with Crippen LogP contribution < -0.4 is 10.1 Å². The zero-order valence-corrected chi connectivity index (χ0v) is 16.7. The number of nitrogens with one attached hydrogen (secondary N) is 1. The SMILES string of the molecule is COc1cccc([C@@]2(O)C[C@@H]3CN(C(=O)Nc4ccc(C)cc4)C[C@]3(C)C2)c1. The van der Waals surface area contributed by atoms with Crippen molar-refractivity contribution < 1.29 is 14.6 Å². The lowest BCUT2D eigenvalue weighted by molar-refractivity contribution is 0.0263. The van der Waals surface area contributed by atoms with Gasteiger partial charge in [-0.1, -0.05) is 36.8 Å². The van der Waals surface area contributed by atoms with Gasteiger partial charge in [0.2, 0.25) is 0 Å². The molecule has 2 N–H and O–H groups in total. The van der Waals surface area contributed by atoms with Gasteiger partial charge in [0, 0.05) is 18.8 Å². The average molecular weight is 380 g/mol. The Labute approximate surface area is 166 Å². The summed E-state index contributed by atoms with van der Waals surface area (Å²) >= 11 is 0. The minimum atomic E-state index is -0.868. The highest BCUT2D eigenvalue weighted by molar-refractivity contribution is 5.89. The van der Waals surface area contributed by atoms with Crippen molar-refractivity contribution in [1.82, 2.24) is 4.90 Å². The fourth-order valence-corrected chi connectivity index (χ4v) is 4.90. The number of aryl methyl sites for hydroxylation is 1. The molecule has 2 fully saturated rings. The second-order valence-corrected chi connectivity index (χ2v) is 8.67. The molecule has 148 valence electrons. The quantitative estimate of drug-likeness (QED) is 0.841. The van der Waals surface area contributed by atoms with Gasteiger partial charge in [-0.3, -0.25) is 0 Å². The van der Waals surface area contributed by atoms with Gasteiger partial charge < -0.3 is 20.1 Å². The van der Waals surface area contributed by atoms with E-state index < -0.39 is 5.60 Å². The van der Waals surface area contributed by atoms with E-state index in [0.717, 1.165) is 22.6 Å². The number of hydrogen-bond acceptors (Lipinski definition) is 3. The summed E-state index contributed by atoms with van der Waals surface area (Å²) < 4.78 is 5.32. The standard InChI is InChI=1S/C23H28N2O3/c1-16-7-9-19(10-8-16)24-21(26)25-13-18-12-23(27,14-22(18,2)15-25)17-5-4-6-20(11-17)28-3/h4-11,18,27H,12-15H2,1-3H3,(H,24,26)/t18-,22+,23-/m1/s1. The van der Waals surface area contributed by atoms with Crippen molar-refractivity contribution in [1.29, 1.82) is 0 Å². The third-order valence-electron chi connectivity index (χ3n) is 6.46. The highest BCUT2D eigenvalue weighted by Crippen LogP contribution is 2.56. The first-order chi connectivity index (χ1) is 13.3. The molecule has 1 saturated carbocycles. The van der Waals surface area contributed by atoms with E-state index in [1.807, 2.05) is 60.4 Å². The van der Waals surface area contributed by atoms with Crippen molar-refractivity contribution in [2.75, 3.05) is 25.5 Å². The number of hydrogen-bond donors (Lipinski definition) is 2. The first-order valence-corrected chi connectivity index (χ1v) is 9.81. The molecule has 2 aromatic rings. The second-order valence-electron chi connectivity index (χ2n) is 8.67. The molecule has 5 nitrogen and oxygen atoms in total. The number of ether oxygens (including phenoxy) is 1. The summed E-state index contributed by atoms with van der Waals surface area (Å²) in [6.07, 6.45) is 1.30. The molecule has 1 aliphatic heterocycles. The summed E-state index contributed by atoms with van der Waals surface area (Å²) in [6.45, 7) is 5.54. The minimum Gasteiger partial charge on any atom is -0.497 e. The van der Waals surface area contributed by atoms with E-state index in [-0.39, 0.29) is 17.4 Å². The lowest BCUT2D eigenvalue weighted by Crippen LogP contribution is -2.37. The number of likely N-dealkylation sites (tertiary alicyclic amines) is 1. The van der Waals surface area contributed by atoms with E-state index >= 15 is 0 Å². The van der Waals surface area contributed by atoms with Gasteiger partial charge in [0.1, 0.15) is 5.75 Å². The Morgan fingerprint density at radius 1 is 1.25 bits per heavy atom. The maximum atomic E-state index is 12.7. The minimum absolute atomic E-state index is 0.0654. The molecule has 0 unspecified atom stereocenters. The van der Waals surface area contributed by atoms with Gasteiger partial charge in [0.25, 0.3) is 0 Å². The number of methoxy groups -OCH3 is 1. The zero-order valence-electron chi connectivity index (χ0n) is 16.7. The van der Waals surface area contributed by atoms with E-state index in [2.05, 4.69) is 12.2 Å². The number of carbonyl (C=O) groups excluding carboxylic acids is 1. The van der Waals surface area contributed by atoms with Crippen LogP contribution in [0.5, 0.6) is 5.75 Å². The molecule has 0 bridgehead atoms. The van der Waals surface area contributed by atoms with Crippen molar-refractivity contribution in [2.24, 2.45) is 11.3 Å². The number of urea groups is 1. The van der Waals surface area contributed by atoms with Crippen LogP contribution in [-0.4, -0.2) is 36.2 Å². The number of rotatable bonds is 3. The summed E-state index contributed by atoms with van der Waals surface area (Å²) in [7, 11) is 1.64. The van der Waals surface area contributed by atoms with Gasteiger partial charge in [-0.05, 0) is 60.9 Å². The van der Waals surface area contributed by atoms with Crippen LogP contribution in [0.15, 0.2) is 48.5 Å². The molecule has 28 heavy (non-hydrogen) atoms. The topological polar surface area (TPSA) is 61.8 Å². The van der Waals surface area contributed by atoms with Crippen molar-refractivity contribution >= 4 is 11.7 Å². The van der Waals surface area contributed by atoms with Gasteiger partial charge in [-0.15, -0.1) is 0 Å². The molecular formula is C23H28N2O3. The predicted octanol–water partition coefficient (Wildman–Crippen LogP) is 4.16. The van der Waals surface area contributed by atoms with Crippen molar-refractivity contribution in [3.63, 3.8) is 0 Å². The molecule has 0 spiro atoms. The molecule has 0 aromatic heterocycles. The maximum absolute atomic E-state index is 12.7. The Bertz CT molecular complexity index is 882. The Balaban J connectivity index is 1.45. The summed E-state index contributed by atoms with van der Waals surface area (Å²) in [5.41, 5.74) is 1.91. The third kappa shape index (κ3) is 3.35. The Morgan fingerprint density at radius 2 is 2.00 bits per heavy atom. The lowest BCUT2D eigenvalue weighted by Gasteiger charge is -2.29. The van der Waals surface area contributed by atoms with E-state index in [1.165, 1.54) is 0 Å². The van der Waals surface area contributed by atoms with E-state index in [4.69, 9.17) is 4.74 Å². The molecule has 1 heterocycles. The Hall–Kier alpha value is -2.53. The van der Waals surface area contributed by atoms with Crippen LogP contribution in [0.25, 0.3) is 0 Å². The van der Waals surface area contributed by atoms with Crippen LogP contribution >= 0.6 is 0 Å². The molecule has 1 saturated heterocycles. The van der Waals surface area contributed by atoms with Gasteiger partial charge in [0.05, 0.1) is 12.7 Å². The number of aliphatic hydroxyl groups is 1. The van der Waals surface area contributed by atoms with Crippen LogP contribution in [0.4, 0.5) is 10.5 Å². The van der Waals surface area contributed by atoms with Crippen LogP contribution in [0.3, 0.4) is 0 Å². The predicted molar refractivity (Wildman–Crippen MR) is 109 cm³/mol. The molecule has 4 rings (SSSR count). The number of anilines is 1. The number of amides is 2. The van der Waals surface area contributed by atoms with Crippen LogP contribution in [0, 0.1) is 18.3 Å². The largest absolute Gasteiger partial charge is 0.497 e. The fourth-order valence-electron chi connectivity index (χ4n) is 4.90. The first-order valence-electron chi connectivity index (χ1n) is 9.81. The first kappa shape index (κ1) is 18.8. The third-order valence-corrected chi connectivity index (χ3v) is 6.46. The van der Waals surface area contributed by atoms with Crippen LogP contribution in [0.1, 0.15) is 30.9 Å². The van der Waals surface area contributed by atoms with E-state index in [1.54, 1.807) is 7.11 Å². The van der Waals surface area contributed by atoms with E-state index in [9.17, 15) is 9.90 Å². The molecular weight excluding hydrogens is 352 g/mol. The average Bonchev–Trinajstić information content (AvgIpc) is 3.12. The van der Waals surface area contributed by atoms with Crippen molar-refractivity contribution in [2.45, 2.75) is 32.3 Å². The number of nitrogens with zero attached hydrogens (tertiary/aromatic N) is 1. The molecule has 2 amide bonds. The zero-order chi connectivity index (χ0) is 19.9. The summed E-state index contributed by atoms with van der Waals surface area (Å²) in [5, 5.41) is 14.4. The normalized spacial score (nSPS) is 28.9. The fraction of sp³-hybridized carbons (Fsp3) is 0.435. The molecule has 3 atom stereocenters. The number of carbonyl (C=O) groups is 1. The van der Waals surface area contributed by atoms with Gasteiger partial charge >= 0.3 is 6.03 Å². The van der Waals surface area contributed by atoms with Gasteiger partial charge in [0.15, 0.2) is 0 Å². The van der Waals surface area contributed by atoms with E-state index in [0.29, 0.717) is 25.9 Å². The summed E-state index contributed by atoms with van der Waals surface area (Å²) in [5.74, 6) is 1.03. The maximum Gasteiger partial charge on any atom is 0.321 e. The van der Waals surface area contributed by atoms with Gasteiger partial charge in [-0.2, -0.15) is 0 Å². The highest BCUT2D eigenvalue weighted by Gasteiger charge is 2.56. The van der Waals surface area contributed by atoms with Crippen molar-refractivity contribution in [3.05, 3.63) is 59.7 Å². The Morgan fingerprint density at radius 3 is 2.68 bits per heavy atom. The number of fused-ring (bicyclic) bond motifs is 1. The Kier molecular flexibility index (Phi) is 4.58. The van der Waals surface area contributed by atoms with Crippen LogP contribution in [0.2, 0.25) is 0 Å². The molecule has 1 aliphatic carbocycles. The molecule has 2 aliphatic rings. The van der Waals surface area contributed by atoms with Crippen molar-refractivity contribution in [3.8, 4) is 5.75 Å². The molecule has 2 aromatic carbocycles. The molecule has 5 heteroatoms. The number of benzene rings is 2. The monoisotopic (exact) mass is 380 g/mol. The second kappa shape index (κ2) is 6.82. The summed E-state index contributed by atoms with van der Waals surface area (Å²) in [6, 6.07) is 15.5. The van der Waals surface area contributed by atoms with Crippen LogP contribution in [-0.2, 0) is 5.60 Å².